The number of carbonyl (C=O) groups excluding carboxylic acids is 3. The van der Waals surface area contributed by atoms with Gasteiger partial charge in [0.25, 0.3) is 5.92 Å². The van der Waals surface area contributed by atoms with Gasteiger partial charge >= 0.3 is 11.9 Å². The fourth-order valence-electron chi connectivity index (χ4n) is 5.02. The third-order valence-corrected chi connectivity index (χ3v) is 6.30. The Hall–Kier alpha value is -1.73. The van der Waals surface area contributed by atoms with Crippen molar-refractivity contribution >= 4 is 17.8 Å². The molecule has 0 radical (unpaired) electrons. The summed E-state index contributed by atoms with van der Waals surface area (Å²) in [6.07, 6.45) is -1.44. The zero-order chi connectivity index (χ0) is 20.3. The molecule has 1 saturated heterocycles. The number of halogens is 2. The highest BCUT2D eigenvalue weighted by molar-refractivity contribution is 5.90. The quantitative estimate of drug-likeness (QED) is 0.655. The van der Waals surface area contributed by atoms with Gasteiger partial charge in [-0.15, -0.1) is 0 Å². The fourth-order valence-corrected chi connectivity index (χ4v) is 5.02. The van der Waals surface area contributed by atoms with Gasteiger partial charge in [-0.25, -0.2) is 8.78 Å². The third kappa shape index (κ3) is 3.10. The zero-order valence-electron chi connectivity index (χ0n) is 16.3. The van der Waals surface area contributed by atoms with Crippen LogP contribution in [0.3, 0.4) is 0 Å². The van der Waals surface area contributed by atoms with Gasteiger partial charge in [0.2, 0.25) is 5.91 Å². The Morgan fingerprint density at radius 3 is 2.41 bits per heavy atom. The summed E-state index contributed by atoms with van der Waals surface area (Å²) in [6.45, 7) is 7.26. The smallest absolute Gasteiger partial charge is 0.310 e. The summed E-state index contributed by atoms with van der Waals surface area (Å²) in [5, 5.41) is 0. The number of hydrogen-bond acceptors (Lipinski definition) is 5. The topological polar surface area (TPSA) is 72.9 Å². The Balaban J connectivity index is 1.89. The molecule has 3 aliphatic rings. The Morgan fingerprint density at radius 2 is 1.89 bits per heavy atom. The first-order valence-corrected chi connectivity index (χ1v) is 9.59. The van der Waals surface area contributed by atoms with Crippen LogP contribution in [-0.4, -0.2) is 53.0 Å². The van der Waals surface area contributed by atoms with E-state index in [4.69, 9.17) is 9.47 Å². The molecule has 6 nitrogen and oxygen atoms in total. The first-order valence-electron chi connectivity index (χ1n) is 9.59. The fraction of sp³-hybridized carbons (Fsp3) is 0.842. The van der Waals surface area contributed by atoms with Crippen LogP contribution in [0.25, 0.3) is 0 Å². The molecule has 1 heterocycles. The van der Waals surface area contributed by atoms with Gasteiger partial charge in [-0.1, -0.05) is 6.92 Å². The van der Waals surface area contributed by atoms with E-state index in [1.54, 1.807) is 11.8 Å². The number of alkyl halides is 2. The SMILES string of the molecule is CCC(=O)OC1C2CC3C(C(=O)N(C(C)C)C31)C2C(=O)OC(C)C(C)(F)F. The maximum atomic E-state index is 13.5. The van der Waals surface area contributed by atoms with Gasteiger partial charge in [0.15, 0.2) is 6.10 Å². The second kappa shape index (κ2) is 6.71. The first-order chi connectivity index (χ1) is 12.5. The number of nitrogens with zero attached hydrogens (tertiary/aromatic N) is 1. The summed E-state index contributed by atoms with van der Waals surface area (Å²) >= 11 is 0. The minimum absolute atomic E-state index is 0.106. The number of ether oxygens (including phenoxy) is 2. The number of likely N-dealkylation sites (tertiary alicyclic amines) is 1. The average molecular weight is 387 g/mol. The van der Waals surface area contributed by atoms with Gasteiger partial charge < -0.3 is 14.4 Å². The van der Waals surface area contributed by atoms with Crippen molar-refractivity contribution in [2.45, 2.75) is 77.7 Å². The predicted molar refractivity (Wildman–Crippen MR) is 90.7 cm³/mol. The minimum Gasteiger partial charge on any atom is -0.460 e. The van der Waals surface area contributed by atoms with E-state index in [1.807, 2.05) is 13.8 Å². The van der Waals surface area contributed by atoms with Gasteiger partial charge in [-0.2, -0.15) is 0 Å². The van der Waals surface area contributed by atoms with Crippen molar-refractivity contribution in [3.05, 3.63) is 0 Å². The Kier molecular flexibility index (Phi) is 4.97. The van der Waals surface area contributed by atoms with Crippen LogP contribution >= 0.6 is 0 Å². The van der Waals surface area contributed by atoms with Crippen LogP contribution < -0.4 is 0 Å². The molecule has 1 aliphatic heterocycles. The molecule has 0 aromatic carbocycles. The van der Waals surface area contributed by atoms with E-state index in [2.05, 4.69) is 0 Å². The molecule has 1 amide bonds. The second-order valence-electron chi connectivity index (χ2n) is 8.29. The lowest BCUT2D eigenvalue weighted by atomic mass is 9.78. The molecule has 2 aliphatic carbocycles. The molecule has 152 valence electrons. The highest BCUT2D eigenvalue weighted by Gasteiger charge is 2.71. The van der Waals surface area contributed by atoms with Gasteiger partial charge in [0.05, 0.1) is 17.9 Å². The number of rotatable bonds is 6. The largest absolute Gasteiger partial charge is 0.460 e. The molecule has 7 atom stereocenters. The third-order valence-electron chi connectivity index (χ3n) is 6.30. The number of amides is 1. The van der Waals surface area contributed by atoms with E-state index in [1.165, 1.54) is 0 Å². The number of esters is 2. The highest BCUT2D eigenvalue weighted by Crippen LogP contribution is 2.60. The monoisotopic (exact) mass is 387 g/mol. The van der Waals surface area contributed by atoms with E-state index in [9.17, 15) is 23.2 Å². The normalized spacial score (nSPS) is 35.7. The van der Waals surface area contributed by atoms with Crippen molar-refractivity contribution in [1.29, 1.82) is 0 Å². The van der Waals surface area contributed by atoms with Crippen molar-refractivity contribution in [3.63, 3.8) is 0 Å². The molecule has 2 bridgehead atoms. The highest BCUT2D eigenvalue weighted by atomic mass is 19.3. The molecule has 8 heteroatoms. The van der Waals surface area contributed by atoms with E-state index >= 15 is 0 Å². The molecule has 3 rings (SSSR count). The number of hydrogen-bond donors (Lipinski definition) is 0. The second-order valence-corrected chi connectivity index (χ2v) is 8.29. The summed E-state index contributed by atoms with van der Waals surface area (Å²) < 4.78 is 37.6. The zero-order valence-corrected chi connectivity index (χ0v) is 16.3. The minimum atomic E-state index is -3.17. The van der Waals surface area contributed by atoms with Crippen molar-refractivity contribution in [1.82, 2.24) is 4.90 Å². The standard InChI is InChI=1S/C19H27F2NO5/c1-6-12(23)27-16-11-7-10-13(17(24)22(8(2)3)15(10)16)14(11)18(25)26-9(4)19(5,20)21/h8-11,13-16H,6-7H2,1-5H3. The van der Waals surface area contributed by atoms with Crippen LogP contribution in [0.4, 0.5) is 8.78 Å². The van der Waals surface area contributed by atoms with Crippen LogP contribution in [0.2, 0.25) is 0 Å². The molecule has 7 unspecified atom stereocenters. The van der Waals surface area contributed by atoms with Crippen molar-refractivity contribution in [2.75, 3.05) is 0 Å². The first kappa shape index (κ1) is 20.0. The van der Waals surface area contributed by atoms with Crippen LogP contribution in [0.15, 0.2) is 0 Å². The molecule has 0 spiro atoms. The molecular formula is C19H27F2NO5. The lowest BCUT2D eigenvalue weighted by Crippen LogP contribution is -2.49. The molecule has 0 aromatic heterocycles. The summed E-state index contributed by atoms with van der Waals surface area (Å²) in [7, 11) is 0. The molecule has 0 aromatic rings. The Morgan fingerprint density at radius 1 is 1.26 bits per heavy atom. The van der Waals surface area contributed by atoms with E-state index in [-0.39, 0.29) is 36.2 Å². The van der Waals surface area contributed by atoms with Crippen LogP contribution in [0.1, 0.15) is 47.5 Å². The van der Waals surface area contributed by atoms with Crippen LogP contribution in [0, 0.1) is 23.7 Å². The molecule has 0 N–H and O–H groups in total. The van der Waals surface area contributed by atoms with E-state index < -0.39 is 41.9 Å². The molecule has 3 fully saturated rings. The van der Waals surface area contributed by atoms with Crippen LogP contribution in [0.5, 0.6) is 0 Å². The summed E-state index contributed by atoms with van der Waals surface area (Å²) in [5.41, 5.74) is 0. The number of fused-ring (bicyclic) bond motifs is 1. The lowest BCUT2D eigenvalue weighted by Gasteiger charge is -2.35. The molecule has 2 saturated carbocycles. The van der Waals surface area contributed by atoms with Crippen molar-refractivity contribution in [3.8, 4) is 0 Å². The van der Waals surface area contributed by atoms with Crippen LogP contribution in [-0.2, 0) is 23.9 Å². The van der Waals surface area contributed by atoms with E-state index in [0.29, 0.717) is 13.3 Å². The number of carbonyl (C=O) groups is 3. The maximum Gasteiger partial charge on any atom is 0.310 e. The van der Waals surface area contributed by atoms with Crippen molar-refractivity contribution < 1.29 is 32.6 Å². The Bertz CT molecular complexity index is 647. The average Bonchev–Trinajstić information content (AvgIpc) is 3.15. The summed E-state index contributed by atoms with van der Waals surface area (Å²) in [5.74, 6) is -6.45. The van der Waals surface area contributed by atoms with Gasteiger partial charge in [-0.05, 0) is 33.1 Å². The molecule has 27 heavy (non-hydrogen) atoms. The Labute approximate surface area is 157 Å². The molecular weight excluding hydrogens is 360 g/mol. The predicted octanol–water partition coefficient (Wildman–Crippen LogP) is 2.40. The summed E-state index contributed by atoms with van der Waals surface area (Å²) in [6, 6.07) is -0.359. The van der Waals surface area contributed by atoms with Crippen molar-refractivity contribution in [2.24, 2.45) is 23.7 Å². The summed E-state index contributed by atoms with van der Waals surface area (Å²) in [4.78, 5) is 39.4. The van der Waals surface area contributed by atoms with Gasteiger partial charge in [0, 0.05) is 25.3 Å². The van der Waals surface area contributed by atoms with E-state index in [0.717, 1.165) is 6.92 Å². The lowest BCUT2D eigenvalue weighted by molar-refractivity contribution is -0.179. The maximum absolute atomic E-state index is 13.5. The van der Waals surface area contributed by atoms with Gasteiger partial charge in [-0.3, -0.25) is 14.4 Å². The van der Waals surface area contributed by atoms with Gasteiger partial charge in [0.1, 0.15) is 6.10 Å².